The van der Waals surface area contributed by atoms with Gasteiger partial charge < -0.3 is 10.1 Å². The van der Waals surface area contributed by atoms with Crippen LogP contribution in [0.5, 0.6) is 0 Å². The van der Waals surface area contributed by atoms with Crippen molar-refractivity contribution in [1.29, 1.82) is 0 Å². The van der Waals surface area contributed by atoms with Crippen molar-refractivity contribution in [2.24, 2.45) is 11.3 Å². The fourth-order valence-electron chi connectivity index (χ4n) is 3.04. The molecule has 1 aliphatic carbocycles. The third-order valence-corrected chi connectivity index (χ3v) is 4.70. The number of hydrogen-bond acceptors (Lipinski definition) is 2. The lowest BCUT2D eigenvalue weighted by Gasteiger charge is -2.35. The lowest BCUT2D eigenvalue weighted by Crippen LogP contribution is -2.38. The molecule has 1 saturated carbocycles. The molecule has 3 rings (SSSR count). The predicted molar refractivity (Wildman–Crippen MR) is 78.1 cm³/mol. The topological polar surface area (TPSA) is 21.3 Å². The summed E-state index contributed by atoms with van der Waals surface area (Å²) >= 11 is 0. The molecule has 104 valence electrons. The number of hydrogen-bond donors (Lipinski definition) is 1. The lowest BCUT2D eigenvalue weighted by atomic mass is 9.82. The highest BCUT2D eigenvalue weighted by molar-refractivity contribution is 5.21. The summed E-state index contributed by atoms with van der Waals surface area (Å²) in [5, 5.41) is 3.85. The van der Waals surface area contributed by atoms with Gasteiger partial charge in [-0.1, -0.05) is 37.3 Å². The van der Waals surface area contributed by atoms with Crippen LogP contribution >= 0.6 is 0 Å². The molecule has 1 atom stereocenters. The van der Waals surface area contributed by atoms with Crippen LogP contribution in [-0.2, 0) is 4.74 Å². The first-order valence-electron chi connectivity index (χ1n) is 7.63. The van der Waals surface area contributed by atoms with Gasteiger partial charge in [0.15, 0.2) is 0 Å². The zero-order valence-electron chi connectivity index (χ0n) is 11.9. The Morgan fingerprint density at radius 3 is 2.53 bits per heavy atom. The van der Waals surface area contributed by atoms with Crippen molar-refractivity contribution in [3.8, 4) is 0 Å². The average molecular weight is 259 g/mol. The van der Waals surface area contributed by atoms with Gasteiger partial charge in [-0.2, -0.15) is 0 Å². The number of ether oxygens (including phenoxy) is 1. The molecule has 1 aromatic carbocycles. The largest absolute Gasteiger partial charge is 0.381 e. The third kappa shape index (κ3) is 3.37. The van der Waals surface area contributed by atoms with Crippen molar-refractivity contribution < 1.29 is 4.74 Å². The fraction of sp³-hybridized carbons (Fsp3) is 0.647. The van der Waals surface area contributed by atoms with Crippen LogP contribution in [0.2, 0.25) is 0 Å². The second kappa shape index (κ2) is 5.64. The van der Waals surface area contributed by atoms with Gasteiger partial charge in [-0.15, -0.1) is 0 Å². The van der Waals surface area contributed by atoms with Crippen molar-refractivity contribution >= 4 is 0 Å². The van der Waals surface area contributed by atoms with E-state index in [9.17, 15) is 0 Å². The van der Waals surface area contributed by atoms with Gasteiger partial charge in [0.1, 0.15) is 0 Å². The van der Waals surface area contributed by atoms with E-state index in [1.807, 2.05) is 0 Å². The summed E-state index contributed by atoms with van der Waals surface area (Å²) in [5.41, 5.74) is 1.88. The van der Waals surface area contributed by atoms with Crippen LogP contribution in [-0.4, -0.2) is 19.8 Å². The molecule has 2 nitrogen and oxygen atoms in total. The van der Waals surface area contributed by atoms with Crippen LogP contribution < -0.4 is 5.32 Å². The first kappa shape index (κ1) is 13.1. The van der Waals surface area contributed by atoms with Crippen LogP contribution in [0.3, 0.4) is 0 Å². The molecule has 2 heteroatoms. The number of rotatable bonds is 5. The Hall–Kier alpha value is -0.860. The minimum atomic E-state index is 0.417. The SMILES string of the molecule is CC1(CNC(c2ccccc2)C2CC2)CCOCC1. The molecule has 1 saturated heterocycles. The third-order valence-electron chi connectivity index (χ3n) is 4.70. The lowest BCUT2D eigenvalue weighted by molar-refractivity contribution is 0.0225. The molecule has 2 fully saturated rings. The van der Waals surface area contributed by atoms with Crippen LogP contribution in [0.1, 0.15) is 44.2 Å². The molecule has 2 aliphatic rings. The van der Waals surface area contributed by atoms with E-state index in [2.05, 4.69) is 42.6 Å². The summed E-state index contributed by atoms with van der Waals surface area (Å²) in [6.07, 6.45) is 5.14. The molecule has 0 radical (unpaired) electrons. The highest BCUT2D eigenvalue weighted by atomic mass is 16.5. The summed E-state index contributed by atoms with van der Waals surface area (Å²) < 4.78 is 5.49. The quantitative estimate of drug-likeness (QED) is 0.873. The fourth-order valence-corrected chi connectivity index (χ4v) is 3.04. The van der Waals surface area contributed by atoms with E-state index in [1.165, 1.54) is 31.2 Å². The second-order valence-electron chi connectivity index (χ2n) is 6.53. The van der Waals surface area contributed by atoms with Gasteiger partial charge in [0.25, 0.3) is 0 Å². The van der Waals surface area contributed by atoms with E-state index in [0.29, 0.717) is 11.5 Å². The molecule has 0 aromatic heterocycles. The standard InChI is InChI=1S/C17H25NO/c1-17(9-11-19-12-10-17)13-18-16(15-7-8-15)14-5-3-2-4-6-14/h2-6,15-16,18H,7-13H2,1H3. The van der Waals surface area contributed by atoms with Crippen molar-refractivity contribution in [2.75, 3.05) is 19.8 Å². The van der Waals surface area contributed by atoms with Crippen LogP contribution in [0, 0.1) is 11.3 Å². The van der Waals surface area contributed by atoms with Gasteiger partial charge >= 0.3 is 0 Å². The van der Waals surface area contributed by atoms with E-state index in [0.717, 1.165) is 25.7 Å². The van der Waals surface area contributed by atoms with Gasteiger partial charge in [0.2, 0.25) is 0 Å². The Kier molecular flexibility index (Phi) is 3.90. The van der Waals surface area contributed by atoms with Gasteiger partial charge in [-0.25, -0.2) is 0 Å². The zero-order chi connectivity index (χ0) is 13.1. The molecular weight excluding hydrogens is 234 g/mol. The average Bonchev–Trinajstić information content (AvgIpc) is 3.26. The molecule has 0 amide bonds. The first-order chi connectivity index (χ1) is 9.27. The highest BCUT2D eigenvalue weighted by Gasteiger charge is 2.34. The molecule has 1 heterocycles. The summed E-state index contributed by atoms with van der Waals surface area (Å²) in [6.45, 7) is 5.37. The van der Waals surface area contributed by atoms with E-state index in [-0.39, 0.29) is 0 Å². The molecule has 1 N–H and O–H groups in total. The molecule has 1 unspecified atom stereocenters. The molecule has 1 aliphatic heterocycles. The number of nitrogens with one attached hydrogen (secondary N) is 1. The summed E-state index contributed by atoms with van der Waals surface area (Å²) in [4.78, 5) is 0. The van der Waals surface area contributed by atoms with E-state index < -0.39 is 0 Å². The van der Waals surface area contributed by atoms with E-state index >= 15 is 0 Å². The van der Waals surface area contributed by atoms with Crippen LogP contribution in [0.4, 0.5) is 0 Å². The molecule has 0 bridgehead atoms. The predicted octanol–water partition coefficient (Wildman–Crippen LogP) is 3.54. The smallest absolute Gasteiger partial charge is 0.0471 e. The first-order valence-corrected chi connectivity index (χ1v) is 7.63. The number of benzene rings is 1. The van der Waals surface area contributed by atoms with Gasteiger partial charge in [0.05, 0.1) is 0 Å². The molecule has 0 spiro atoms. The molecule has 1 aromatic rings. The maximum atomic E-state index is 5.49. The minimum absolute atomic E-state index is 0.417. The Balaban J connectivity index is 1.62. The van der Waals surface area contributed by atoms with Crippen LogP contribution in [0.25, 0.3) is 0 Å². The minimum Gasteiger partial charge on any atom is -0.381 e. The van der Waals surface area contributed by atoms with Gasteiger partial charge in [-0.3, -0.25) is 0 Å². The van der Waals surface area contributed by atoms with Gasteiger partial charge in [-0.05, 0) is 42.6 Å². The monoisotopic (exact) mass is 259 g/mol. The highest BCUT2D eigenvalue weighted by Crippen LogP contribution is 2.41. The Morgan fingerprint density at radius 2 is 1.89 bits per heavy atom. The van der Waals surface area contributed by atoms with Crippen LogP contribution in [0.15, 0.2) is 30.3 Å². The Labute approximate surface area is 116 Å². The Morgan fingerprint density at radius 1 is 1.21 bits per heavy atom. The maximum Gasteiger partial charge on any atom is 0.0471 e. The van der Waals surface area contributed by atoms with Crippen molar-refractivity contribution in [3.63, 3.8) is 0 Å². The summed E-state index contributed by atoms with van der Waals surface area (Å²) in [5.74, 6) is 0.853. The summed E-state index contributed by atoms with van der Waals surface area (Å²) in [6, 6.07) is 11.5. The van der Waals surface area contributed by atoms with Crippen molar-refractivity contribution in [1.82, 2.24) is 5.32 Å². The Bertz CT molecular complexity index is 393. The van der Waals surface area contributed by atoms with E-state index in [1.54, 1.807) is 0 Å². The second-order valence-corrected chi connectivity index (χ2v) is 6.53. The normalized spacial score (nSPS) is 24.1. The van der Waals surface area contributed by atoms with Gasteiger partial charge in [0, 0.05) is 25.8 Å². The maximum absolute atomic E-state index is 5.49. The van der Waals surface area contributed by atoms with Crippen molar-refractivity contribution in [3.05, 3.63) is 35.9 Å². The zero-order valence-corrected chi connectivity index (χ0v) is 11.9. The molecule has 19 heavy (non-hydrogen) atoms. The summed E-state index contributed by atoms with van der Waals surface area (Å²) in [7, 11) is 0. The molecular formula is C17H25NO. The van der Waals surface area contributed by atoms with E-state index in [4.69, 9.17) is 4.74 Å². The van der Waals surface area contributed by atoms with Crippen molar-refractivity contribution in [2.45, 2.75) is 38.6 Å².